The molecular weight excluding hydrogens is 426 g/mol. The fourth-order valence-electron chi connectivity index (χ4n) is 3.84. The first-order chi connectivity index (χ1) is 15.2. The third-order valence-electron chi connectivity index (χ3n) is 5.68. The smallest absolute Gasteiger partial charge is 0.318 e. The van der Waals surface area contributed by atoms with Gasteiger partial charge in [-0.25, -0.2) is 9.64 Å². The first kappa shape index (κ1) is 23.4. The molecule has 1 aliphatic heterocycles. The molecular formula is C24H28ClN5O2. The van der Waals surface area contributed by atoms with E-state index in [0.29, 0.717) is 35.9 Å². The van der Waals surface area contributed by atoms with Gasteiger partial charge in [-0.3, -0.25) is 4.79 Å². The highest BCUT2D eigenvalue weighted by atomic mass is 35.5. The number of carbonyl (C=O) groups excluding carboxylic acids is 2. The number of rotatable bonds is 4. The highest BCUT2D eigenvalue weighted by molar-refractivity contribution is 6.33. The van der Waals surface area contributed by atoms with Gasteiger partial charge in [0, 0.05) is 62.1 Å². The lowest BCUT2D eigenvalue weighted by Gasteiger charge is -2.45. The molecule has 1 fully saturated rings. The Morgan fingerprint density at radius 3 is 2.41 bits per heavy atom. The van der Waals surface area contributed by atoms with Gasteiger partial charge in [-0.05, 0) is 43.7 Å². The minimum absolute atomic E-state index is 0.00519. The molecule has 2 aromatic rings. The van der Waals surface area contributed by atoms with Crippen LogP contribution in [0, 0.1) is 6.57 Å². The van der Waals surface area contributed by atoms with Crippen molar-refractivity contribution in [2.75, 3.05) is 32.1 Å². The van der Waals surface area contributed by atoms with Crippen LogP contribution in [0.5, 0.6) is 0 Å². The molecule has 0 saturated carbocycles. The summed E-state index contributed by atoms with van der Waals surface area (Å²) in [5, 5.41) is 3.43. The van der Waals surface area contributed by atoms with Crippen LogP contribution in [0.3, 0.4) is 0 Å². The molecule has 1 N–H and O–H groups in total. The molecule has 7 nitrogen and oxygen atoms in total. The maximum atomic E-state index is 12.9. The Hall–Kier alpha value is -3.24. The van der Waals surface area contributed by atoms with Crippen LogP contribution in [-0.4, -0.2) is 61.0 Å². The molecule has 3 amide bonds. The number of nitrogens with zero attached hydrogens (tertiary/aromatic N) is 4. The van der Waals surface area contributed by atoms with Crippen molar-refractivity contribution >= 4 is 34.9 Å². The van der Waals surface area contributed by atoms with Crippen LogP contribution in [0.2, 0.25) is 5.02 Å². The summed E-state index contributed by atoms with van der Waals surface area (Å²) in [7, 11) is 3.44. The van der Waals surface area contributed by atoms with E-state index in [0.717, 1.165) is 11.3 Å². The largest absolute Gasteiger partial charge is 0.365 e. The summed E-state index contributed by atoms with van der Waals surface area (Å²) in [5.74, 6) is -0.0497. The molecule has 0 radical (unpaired) electrons. The summed E-state index contributed by atoms with van der Waals surface area (Å²) in [4.78, 5) is 33.9. The van der Waals surface area contributed by atoms with Crippen LogP contribution < -0.4 is 10.2 Å². The van der Waals surface area contributed by atoms with Gasteiger partial charge < -0.3 is 20.0 Å². The number of hydrogen-bond acceptors (Lipinski definition) is 3. The van der Waals surface area contributed by atoms with Crippen LogP contribution in [0.1, 0.15) is 29.8 Å². The van der Waals surface area contributed by atoms with Crippen molar-refractivity contribution in [3.8, 4) is 0 Å². The zero-order chi connectivity index (χ0) is 23.4. The average molecular weight is 454 g/mol. The van der Waals surface area contributed by atoms with Gasteiger partial charge in [0.1, 0.15) is 0 Å². The highest BCUT2D eigenvalue weighted by Crippen LogP contribution is 2.32. The topological polar surface area (TPSA) is 60.2 Å². The molecule has 1 heterocycles. The van der Waals surface area contributed by atoms with E-state index in [2.05, 4.69) is 22.0 Å². The Labute approximate surface area is 194 Å². The number of hydrogen-bond donors (Lipinski definition) is 1. The summed E-state index contributed by atoms with van der Waals surface area (Å²) in [5.41, 5.74) is 2.94. The second-order valence-electron chi connectivity index (χ2n) is 8.31. The highest BCUT2D eigenvalue weighted by Gasteiger charge is 2.32. The van der Waals surface area contributed by atoms with E-state index in [-0.39, 0.29) is 24.0 Å². The molecule has 1 aliphatic rings. The second-order valence-corrected chi connectivity index (χ2v) is 8.71. The van der Waals surface area contributed by atoms with E-state index in [9.17, 15) is 9.59 Å². The molecule has 2 atom stereocenters. The lowest BCUT2D eigenvalue weighted by Crippen LogP contribution is -2.60. The van der Waals surface area contributed by atoms with Gasteiger partial charge in [-0.15, -0.1) is 0 Å². The normalized spacial score (nSPS) is 18.1. The van der Waals surface area contributed by atoms with Gasteiger partial charge in [0.15, 0.2) is 0 Å². The van der Waals surface area contributed by atoms with Crippen molar-refractivity contribution in [2.45, 2.75) is 32.5 Å². The monoisotopic (exact) mass is 453 g/mol. The molecule has 3 rings (SSSR count). The third kappa shape index (κ3) is 5.14. The van der Waals surface area contributed by atoms with Crippen LogP contribution in [-0.2, 0) is 6.54 Å². The van der Waals surface area contributed by atoms with E-state index in [4.69, 9.17) is 18.2 Å². The van der Waals surface area contributed by atoms with Crippen LogP contribution >= 0.6 is 11.6 Å². The Kier molecular flexibility index (Phi) is 7.26. The predicted octanol–water partition coefficient (Wildman–Crippen LogP) is 4.40. The first-order valence-electron chi connectivity index (χ1n) is 10.5. The van der Waals surface area contributed by atoms with Crippen molar-refractivity contribution < 1.29 is 9.59 Å². The summed E-state index contributed by atoms with van der Waals surface area (Å²) in [6, 6.07) is 12.7. The van der Waals surface area contributed by atoms with Crippen molar-refractivity contribution in [2.24, 2.45) is 0 Å². The van der Waals surface area contributed by atoms with E-state index < -0.39 is 0 Å². The molecule has 168 valence electrons. The van der Waals surface area contributed by atoms with E-state index >= 15 is 0 Å². The minimum atomic E-state index is -0.112. The van der Waals surface area contributed by atoms with E-state index in [1.54, 1.807) is 32.3 Å². The zero-order valence-corrected chi connectivity index (χ0v) is 19.6. The standard InChI is InChI=1S/C24H28ClN5O2/c1-16-15-30(17(2)14-29(16)20-10-11-22(26-3)21(25)12-20)24(32)27-13-18-6-8-19(9-7-18)23(31)28(4)5/h6-12,16-17H,13-15H2,1-2,4-5H3,(H,27,32)/t16-,17+/m0/s1. The fourth-order valence-corrected chi connectivity index (χ4v) is 4.05. The Morgan fingerprint density at radius 2 is 1.81 bits per heavy atom. The Bertz CT molecular complexity index is 1030. The number of piperazine rings is 1. The average Bonchev–Trinajstić information content (AvgIpc) is 2.78. The fraction of sp³-hybridized carbons (Fsp3) is 0.375. The number of amides is 3. The minimum Gasteiger partial charge on any atom is -0.365 e. The van der Waals surface area contributed by atoms with E-state index in [1.807, 2.05) is 36.1 Å². The Balaban J connectivity index is 1.60. The lowest BCUT2D eigenvalue weighted by atomic mass is 10.1. The molecule has 0 unspecified atom stereocenters. The number of carbonyl (C=O) groups is 2. The number of urea groups is 1. The number of anilines is 1. The van der Waals surface area contributed by atoms with Crippen LogP contribution in [0.15, 0.2) is 42.5 Å². The third-order valence-corrected chi connectivity index (χ3v) is 5.98. The van der Waals surface area contributed by atoms with Crippen LogP contribution in [0.25, 0.3) is 4.85 Å². The van der Waals surface area contributed by atoms with E-state index in [1.165, 1.54) is 4.90 Å². The SMILES string of the molecule is [C-]#[N+]c1ccc(N2C[C@@H](C)N(C(=O)NCc3ccc(C(=O)N(C)C)cc3)C[C@@H]2C)cc1Cl. The van der Waals surface area contributed by atoms with Crippen molar-refractivity contribution in [1.82, 2.24) is 15.1 Å². The molecule has 0 aromatic heterocycles. The summed E-state index contributed by atoms with van der Waals surface area (Å²) in [6.45, 7) is 12.9. The second kappa shape index (κ2) is 9.92. The van der Waals surface area contributed by atoms with Gasteiger partial charge >= 0.3 is 6.03 Å². The van der Waals surface area contributed by atoms with Crippen molar-refractivity contribution in [1.29, 1.82) is 0 Å². The van der Waals surface area contributed by atoms with Gasteiger partial charge in [0.05, 0.1) is 6.57 Å². The number of benzene rings is 2. The predicted molar refractivity (Wildman–Crippen MR) is 127 cm³/mol. The molecule has 0 spiro atoms. The van der Waals surface area contributed by atoms with Crippen molar-refractivity contribution in [3.05, 3.63) is 70.0 Å². The van der Waals surface area contributed by atoms with Gasteiger partial charge in [-0.2, -0.15) is 0 Å². The lowest BCUT2D eigenvalue weighted by molar-refractivity contribution is 0.0827. The molecule has 32 heavy (non-hydrogen) atoms. The summed E-state index contributed by atoms with van der Waals surface area (Å²) < 4.78 is 0. The zero-order valence-electron chi connectivity index (χ0n) is 18.8. The molecule has 0 aliphatic carbocycles. The van der Waals surface area contributed by atoms with Crippen LogP contribution in [0.4, 0.5) is 16.2 Å². The molecule has 2 aromatic carbocycles. The Morgan fingerprint density at radius 1 is 1.12 bits per heavy atom. The molecule has 1 saturated heterocycles. The van der Waals surface area contributed by atoms with Gasteiger partial charge in [0.2, 0.25) is 5.69 Å². The quantitative estimate of drug-likeness (QED) is 0.698. The molecule has 0 bridgehead atoms. The number of nitrogens with one attached hydrogen (secondary N) is 1. The maximum absolute atomic E-state index is 12.9. The number of halogens is 1. The molecule has 8 heteroatoms. The van der Waals surface area contributed by atoms with Crippen molar-refractivity contribution in [3.63, 3.8) is 0 Å². The van der Waals surface area contributed by atoms with Gasteiger partial charge in [-0.1, -0.05) is 29.8 Å². The summed E-state index contributed by atoms with van der Waals surface area (Å²) >= 11 is 6.22. The van der Waals surface area contributed by atoms with Gasteiger partial charge in [0.25, 0.3) is 5.91 Å². The first-order valence-corrected chi connectivity index (χ1v) is 10.9. The maximum Gasteiger partial charge on any atom is 0.318 e. The summed E-state index contributed by atoms with van der Waals surface area (Å²) in [6.07, 6.45) is 0.